The van der Waals surface area contributed by atoms with Gasteiger partial charge in [-0.25, -0.2) is 4.98 Å². The molecule has 0 aliphatic carbocycles. The molecule has 6 heteroatoms. The quantitative estimate of drug-likeness (QED) is 0.595. The number of nitrogens with zero attached hydrogens (tertiary/aromatic N) is 3. The zero-order valence-electron chi connectivity index (χ0n) is 9.30. The first-order chi connectivity index (χ1) is 8.19. The number of furan rings is 1. The van der Waals surface area contributed by atoms with Gasteiger partial charge in [0.2, 0.25) is 0 Å². The molecule has 0 aliphatic heterocycles. The molecule has 0 unspecified atom stereocenters. The Labute approximate surface area is 102 Å². The first kappa shape index (κ1) is 11.5. The average Bonchev–Trinajstić information content (AvgIpc) is 2.86. The van der Waals surface area contributed by atoms with Crippen LogP contribution in [0.4, 0.5) is 0 Å². The molecule has 2 rings (SSSR count). The van der Waals surface area contributed by atoms with Gasteiger partial charge in [0.1, 0.15) is 17.3 Å². The molecule has 0 bridgehead atoms. The van der Waals surface area contributed by atoms with Crippen LogP contribution >= 0.6 is 11.8 Å². The van der Waals surface area contributed by atoms with E-state index in [0.717, 1.165) is 0 Å². The smallest absolute Gasteiger partial charge is 0.272 e. The molecule has 0 saturated carbocycles. The van der Waals surface area contributed by atoms with E-state index in [9.17, 15) is 4.79 Å². The topological polar surface area (TPSA) is 71.8 Å². The zero-order chi connectivity index (χ0) is 12.4. The summed E-state index contributed by atoms with van der Waals surface area (Å²) in [7, 11) is 1.59. The van der Waals surface area contributed by atoms with Crippen molar-refractivity contribution < 1.29 is 4.42 Å². The van der Waals surface area contributed by atoms with Crippen LogP contribution < -0.4 is 5.56 Å². The second kappa shape index (κ2) is 4.47. The van der Waals surface area contributed by atoms with Gasteiger partial charge < -0.3 is 4.42 Å². The Balaban J connectivity index is 2.80. The SMILES string of the molecule is CSc1nc(-c2ccco2)c(C#N)c(=O)n1C. The third-order valence-corrected chi connectivity index (χ3v) is 3.03. The average molecular weight is 247 g/mol. The lowest BCUT2D eigenvalue weighted by Gasteiger charge is -2.07. The second-order valence-corrected chi connectivity index (χ2v) is 4.05. The maximum Gasteiger partial charge on any atom is 0.272 e. The maximum atomic E-state index is 11.9. The minimum atomic E-state index is -0.363. The largest absolute Gasteiger partial charge is 0.463 e. The van der Waals surface area contributed by atoms with E-state index in [1.165, 1.54) is 22.6 Å². The molecule has 17 heavy (non-hydrogen) atoms. The van der Waals surface area contributed by atoms with Crippen molar-refractivity contribution in [3.8, 4) is 17.5 Å². The van der Waals surface area contributed by atoms with E-state index < -0.39 is 0 Å². The minimum absolute atomic E-state index is 0.000231. The van der Waals surface area contributed by atoms with Gasteiger partial charge in [0.05, 0.1) is 6.26 Å². The Bertz CT molecular complexity index is 638. The van der Waals surface area contributed by atoms with Crippen molar-refractivity contribution in [3.05, 3.63) is 34.3 Å². The van der Waals surface area contributed by atoms with E-state index in [1.54, 1.807) is 19.2 Å². The van der Waals surface area contributed by atoms with Gasteiger partial charge in [-0.3, -0.25) is 9.36 Å². The van der Waals surface area contributed by atoms with Gasteiger partial charge in [-0.2, -0.15) is 5.26 Å². The molecular weight excluding hydrogens is 238 g/mol. The Morgan fingerprint density at radius 1 is 1.59 bits per heavy atom. The number of hydrogen-bond acceptors (Lipinski definition) is 5. The van der Waals surface area contributed by atoms with E-state index in [0.29, 0.717) is 16.6 Å². The van der Waals surface area contributed by atoms with E-state index in [1.807, 2.05) is 12.3 Å². The van der Waals surface area contributed by atoms with Crippen LogP contribution in [0.1, 0.15) is 5.56 Å². The van der Waals surface area contributed by atoms with Gasteiger partial charge in [0, 0.05) is 7.05 Å². The Morgan fingerprint density at radius 3 is 2.88 bits per heavy atom. The molecule has 2 heterocycles. The van der Waals surface area contributed by atoms with E-state index in [-0.39, 0.29) is 11.1 Å². The molecule has 0 spiro atoms. The van der Waals surface area contributed by atoms with E-state index in [4.69, 9.17) is 9.68 Å². The van der Waals surface area contributed by atoms with Crippen LogP contribution in [0.25, 0.3) is 11.5 Å². The normalized spacial score (nSPS) is 10.2. The highest BCUT2D eigenvalue weighted by molar-refractivity contribution is 7.98. The summed E-state index contributed by atoms with van der Waals surface area (Å²) in [6, 6.07) is 5.24. The molecule has 0 atom stereocenters. The van der Waals surface area contributed by atoms with E-state index in [2.05, 4.69) is 4.98 Å². The monoisotopic (exact) mass is 247 g/mol. The standard InChI is InChI=1S/C11H9N3O2S/c1-14-10(15)7(6-12)9(13-11(14)17-2)8-4-3-5-16-8/h3-5H,1-2H3. The fraction of sp³-hybridized carbons (Fsp3) is 0.182. The van der Waals surface area contributed by atoms with Crippen molar-refractivity contribution in [1.29, 1.82) is 5.26 Å². The minimum Gasteiger partial charge on any atom is -0.463 e. The molecule has 2 aromatic heterocycles. The summed E-state index contributed by atoms with van der Waals surface area (Å²) in [6.07, 6.45) is 3.30. The molecule has 0 aromatic carbocycles. The fourth-order valence-corrected chi connectivity index (χ4v) is 2.00. The molecule has 0 saturated heterocycles. The van der Waals surface area contributed by atoms with Gasteiger partial charge >= 0.3 is 0 Å². The summed E-state index contributed by atoms with van der Waals surface area (Å²) in [5, 5.41) is 9.58. The van der Waals surface area contributed by atoms with Crippen molar-refractivity contribution in [2.75, 3.05) is 6.26 Å². The molecule has 86 valence electrons. The summed E-state index contributed by atoms with van der Waals surface area (Å²) in [5.74, 6) is 0.426. The van der Waals surface area contributed by atoms with Crippen LogP contribution in [0.5, 0.6) is 0 Å². The van der Waals surface area contributed by atoms with Crippen LogP contribution in [0.15, 0.2) is 32.8 Å². The van der Waals surface area contributed by atoms with Crippen LogP contribution in [0.3, 0.4) is 0 Å². The summed E-state index contributed by atoms with van der Waals surface area (Å²) in [4.78, 5) is 16.2. The molecule has 0 radical (unpaired) electrons. The first-order valence-corrected chi connectivity index (χ1v) is 6.00. The lowest BCUT2D eigenvalue weighted by molar-refractivity contribution is 0.575. The second-order valence-electron chi connectivity index (χ2n) is 3.28. The Kier molecular flexibility index (Phi) is 3.02. The molecule has 2 aromatic rings. The van der Waals surface area contributed by atoms with Gasteiger partial charge in [-0.15, -0.1) is 0 Å². The highest BCUT2D eigenvalue weighted by Gasteiger charge is 2.17. The number of thioether (sulfide) groups is 1. The molecular formula is C11H9N3O2S. The summed E-state index contributed by atoms with van der Waals surface area (Å²) in [5.41, 5.74) is -0.0662. The Morgan fingerprint density at radius 2 is 2.35 bits per heavy atom. The van der Waals surface area contributed by atoms with Crippen molar-refractivity contribution in [3.63, 3.8) is 0 Å². The molecule has 5 nitrogen and oxygen atoms in total. The van der Waals surface area contributed by atoms with Crippen molar-refractivity contribution in [2.24, 2.45) is 7.05 Å². The van der Waals surface area contributed by atoms with Crippen LogP contribution in [0.2, 0.25) is 0 Å². The number of hydrogen-bond donors (Lipinski definition) is 0. The highest BCUT2D eigenvalue weighted by atomic mass is 32.2. The molecule has 0 N–H and O–H groups in total. The van der Waals surface area contributed by atoms with Crippen molar-refractivity contribution in [1.82, 2.24) is 9.55 Å². The third-order valence-electron chi connectivity index (χ3n) is 2.30. The van der Waals surface area contributed by atoms with Crippen LogP contribution in [0, 0.1) is 11.3 Å². The van der Waals surface area contributed by atoms with Gasteiger partial charge in [0.15, 0.2) is 10.9 Å². The van der Waals surface area contributed by atoms with Gasteiger partial charge in [-0.05, 0) is 18.4 Å². The fourth-order valence-electron chi connectivity index (χ4n) is 1.46. The van der Waals surface area contributed by atoms with Gasteiger partial charge in [-0.1, -0.05) is 11.8 Å². The van der Waals surface area contributed by atoms with Crippen LogP contribution in [-0.2, 0) is 7.05 Å². The Hall–Kier alpha value is -2.00. The zero-order valence-corrected chi connectivity index (χ0v) is 10.1. The predicted octanol–water partition coefficient (Wildman–Crippen LogP) is 1.63. The number of rotatable bonds is 2. The predicted molar refractivity (Wildman–Crippen MR) is 63.7 cm³/mol. The van der Waals surface area contributed by atoms with E-state index >= 15 is 0 Å². The summed E-state index contributed by atoms with van der Waals surface area (Å²) in [6.45, 7) is 0. The molecule has 0 amide bonds. The first-order valence-electron chi connectivity index (χ1n) is 4.78. The van der Waals surface area contributed by atoms with Crippen LogP contribution in [-0.4, -0.2) is 15.8 Å². The molecule has 0 aliphatic rings. The third kappa shape index (κ3) is 1.85. The maximum absolute atomic E-state index is 11.9. The van der Waals surface area contributed by atoms with Crippen molar-refractivity contribution >= 4 is 11.8 Å². The number of nitriles is 1. The lowest BCUT2D eigenvalue weighted by atomic mass is 10.2. The van der Waals surface area contributed by atoms with Crippen molar-refractivity contribution in [2.45, 2.75) is 5.16 Å². The lowest BCUT2D eigenvalue weighted by Crippen LogP contribution is -2.23. The molecule has 0 fully saturated rings. The van der Waals surface area contributed by atoms with Gasteiger partial charge in [0.25, 0.3) is 5.56 Å². The number of aromatic nitrogens is 2. The summed E-state index contributed by atoms with van der Waals surface area (Å²) < 4.78 is 6.54. The summed E-state index contributed by atoms with van der Waals surface area (Å²) >= 11 is 1.34. The highest BCUT2D eigenvalue weighted by Crippen LogP contribution is 2.22.